The molecule has 0 radical (unpaired) electrons. The molecule has 1 aromatic carbocycles. The van der Waals surface area contributed by atoms with Crippen molar-refractivity contribution in [1.82, 2.24) is 4.90 Å². The molecule has 0 N–H and O–H groups in total. The third-order valence-electron chi connectivity index (χ3n) is 3.96. The van der Waals surface area contributed by atoms with Crippen LogP contribution in [0.1, 0.15) is 54.9 Å². The van der Waals surface area contributed by atoms with Gasteiger partial charge in [0.25, 0.3) is 5.91 Å². The maximum atomic E-state index is 12.6. The second kappa shape index (κ2) is 7.09. The van der Waals surface area contributed by atoms with E-state index in [1.807, 2.05) is 24.3 Å². The van der Waals surface area contributed by atoms with Crippen LogP contribution in [-0.4, -0.2) is 23.4 Å². The highest BCUT2D eigenvalue weighted by atomic mass is 79.9. The standard InChI is InChI=1S/C16H22BrNO/c1-2-15-6-4-3-5-11-18(15)16(19)14-9-7-13(12-17)8-10-14/h7-10,15H,2-6,11-12H2,1H3. The van der Waals surface area contributed by atoms with Crippen LogP contribution in [0.2, 0.25) is 0 Å². The van der Waals surface area contributed by atoms with Crippen LogP contribution < -0.4 is 0 Å². The molecule has 1 aliphatic rings. The van der Waals surface area contributed by atoms with Gasteiger partial charge in [0.1, 0.15) is 0 Å². The molecule has 0 spiro atoms. The maximum Gasteiger partial charge on any atom is 0.254 e. The van der Waals surface area contributed by atoms with Crippen molar-refractivity contribution in [2.75, 3.05) is 6.54 Å². The zero-order chi connectivity index (χ0) is 13.7. The molecule has 1 saturated heterocycles. The third-order valence-corrected chi connectivity index (χ3v) is 4.61. The van der Waals surface area contributed by atoms with Gasteiger partial charge in [0.2, 0.25) is 0 Å². The van der Waals surface area contributed by atoms with Crippen LogP contribution in [0.15, 0.2) is 24.3 Å². The van der Waals surface area contributed by atoms with Gasteiger partial charge >= 0.3 is 0 Å². The third kappa shape index (κ3) is 3.59. The van der Waals surface area contributed by atoms with Gasteiger partial charge in [-0.15, -0.1) is 0 Å². The number of hydrogen-bond acceptors (Lipinski definition) is 1. The minimum absolute atomic E-state index is 0.204. The van der Waals surface area contributed by atoms with Crippen molar-refractivity contribution in [1.29, 1.82) is 0 Å². The fourth-order valence-electron chi connectivity index (χ4n) is 2.77. The SMILES string of the molecule is CCC1CCCCCN1C(=O)c1ccc(CBr)cc1. The number of alkyl halides is 1. The first-order valence-electron chi connectivity index (χ1n) is 7.22. The molecule has 0 aromatic heterocycles. The van der Waals surface area contributed by atoms with Gasteiger partial charge in [-0.1, -0.05) is 47.8 Å². The molecule has 1 fully saturated rings. The normalized spacial score (nSPS) is 20.1. The lowest BCUT2D eigenvalue weighted by molar-refractivity contribution is 0.0678. The van der Waals surface area contributed by atoms with Crippen molar-refractivity contribution in [2.24, 2.45) is 0 Å². The Labute approximate surface area is 124 Å². The minimum Gasteiger partial charge on any atom is -0.336 e. The second-order valence-corrected chi connectivity index (χ2v) is 5.80. The Morgan fingerprint density at radius 2 is 2.00 bits per heavy atom. The topological polar surface area (TPSA) is 20.3 Å². The van der Waals surface area contributed by atoms with Crippen molar-refractivity contribution in [2.45, 2.75) is 50.4 Å². The number of hydrogen-bond donors (Lipinski definition) is 0. The molecule has 1 unspecified atom stereocenters. The summed E-state index contributed by atoms with van der Waals surface area (Å²) in [6, 6.07) is 8.39. The summed E-state index contributed by atoms with van der Waals surface area (Å²) in [4.78, 5) is 14.7. The van der Waals surface area contributed by atoms with E-state index in [0.29, 0.717) is 6.04 Å². The first-order valence-corrected chi connectivity index (χ1v) is 8.34. The molecule has 2 nitrogen and oxygen atoms in total. The van der Waals surface area contributed by atoms with E-state index in [4.69, 9.17) is 0 Å². The lowest BCUT2D eigenvalue weighted by Crippen LogP contribution is -2.39. The van der Waals surface area contributed by atoms with Gasteiger partial charge in [0.05, 0.1) is 0 Å². The van der Waals surface area contributed by atoms with Crippen LogP contribution in [-0.2, 0) is 5.33 Å². The van der Waals surface area contributed by atoms with E-state index in [1.54, 1.807) is 0 Å². The van der Waals surface area contributed by atoms with E-state index in [9.17, 15) is 4.79 Å². The van der Waals surface area contributed by atoms with Crippen molar-refractivity contribution in [3.63, 3.8) is 0 Å². The van der Waals surface area contributed by atoms with Crippen LogP contribution in [0.3, 0.4) is 0 Å². The highest BCUT2D eigenvalue weighted by Crippen LogP contribution is 2.21. The van der Waals surface area contributed by atoms with E-state index in [1.165, 1.54) is 18.4 Å². The molecule has 1 heterocycles. The van der Waals surface area contributed by atoms with Crippen molar-refractivity contribution >= 4 is 21.8 Å². The second-order valence-electron chi connectivity index (χ2n) is 5.24. The van der Waals surface area contributed by atoms with Gasteiger partial charge in [-0.2, -0.15) is 0 Å². The average Bonchev–Trinajstić information content (AvgIpc) is 2.71. The fraction of sp³-hybridized carbons (Fsp3) is 0.562. The van der Waals surface area contributed by atoms with Gasteiger partial charge < -0.3 is 4.90 Å². The van der Waals surface area contributed by atoms with Crippen LogP contribution in [0.25, 0.3) is 0 Å². The molecule has 2 rings (SSSR count). The van der Waals surface area contributed by atoms with Crippen LogP contribution >= 0.6 is 15.9 Å². The Kier molecular flexibility index (Phi) is 5.44. The molecule has 104 valence electrons. The maximum absolute atomic E-state index is 12.6. The predicted molar refractivity (Wildman–Crippen MR) is 82.7 cm³/mol. The summed E-state index contributed by atoms with van der Waals surface area (Å²) in [6.45, 7) is 3.10. The number of rotatable bonds is 3. The Bertz CT molecular complexity index is 415. The number of carbonyl (C=O) groups excluding carboxylic acids is 1. The lowest BCUT2D eigenvalue weighted by Gasteiger charge is -2.29. The Balaban J connectivity index is 2.15. The van der Waals surface area contributed by atoms with E-state index in [2.05, 4.69) is 27.8 Å². The van der Waals surface area contributed by atoms with Crippen LogP contribution in [0.4, 0.5) is 0 Å². The lowest BCUT2D eigenvalue weighted by atomic mass is 10.1. The molecule has 0 bridgehead atoms. The monoisotopic (exact) mass is 323 g/mol. The molecular formula is C16H22BrNO. The summed E-state index contributed by atoms with van der Waals surface area (Å²) in [5.41, 5.74) is 2.03. The van der Waals surface area contributed by atoms with E-state index in [-0.39, 0.29) is 5.91 Å². The van der Waals surface area contributed by atoms with E-state index < -0.39 is 0 Å². The molecule has 0 saturated carbocycles. The van der Waals surface area contributed by atoms with Gasteiger partial charge in [-0.3, -0.25) is 4.79 Å². The summed E-state index contributed by atoms with van der Waals surface area (Å²) >= 11 is 3.43. The zero-order valence-electron chi connectivity index (χ0n) is 11.6. The summed E-state index contributed by atoms with van der Waals surface area (Å²) in [5.74, 6) is 0.204. The van der Waals surface area contributed by atoms with Gasteiger partial charge in [-0.25, -0.2) is 0 Å². The highest BCUT2D eigenvalue weighted by molar-refractivity contribution is 9.08. The molecule has 1 amide bonds. The smallest absolute Gasteiger partial charge is 0.254 e. The van der Waals surface area contributed by atoms with Crippen LogP contribution in [0.5, 0.6) is 0 Å². The van der Waals surface area contributed by atoms with Crippen molar-refractivity contribution < 1.29 is 4.79 Å². The van der Waals surface area contributed by atoms with Crippen molar-refractivity contribution in [3.8, 4) is 0 Å². The highest BCUT2D eigenvalue weighted by Gasteiger charge is 2.24. The number of nitrogens with zero attached hydrogens (tertiary/aromatic N) is 1. The van der Waals surface area contributed by atoms with Gasteiger partial charge in [0, 0.05) is 23.5 Å². The van der Waals surface area contributed by atoms with Crippen LogP contribution in [0, 0.1) is 0 Å². The fourth-order valence-corrected chi connectivity index (χ4v) is 3.15. The average molecular weight is 324 g/mol. The Morgan fingerprint density at radius 3 is 2.63 bits per heavy atom. The number of benzene rings is 1. The summed E-state index contributed by atoms with van der Waals surface area (Å²) < 4.78 is 0. The Morgan fingerprint density at radius 1 is 1.26 bits per heavy atom. The van der Waals surface area contributed by atoms with E-state index >= 15 is 0 Å². The predicted octanol–water partition coefficient (Wildman–Crippen LogP) is 4.38. The quantitative estimate of drug-likeness (QED) is 0.756. The molecule has 19 heavy (non-hydrogen) atoms. The number of amides is 1. The molecule has 1 aromatic rings. The van der Waals surface area contributed by atoms with E-state index in [0.717, 1.165) is 36.7 Å². The molecular weight excluding hydrogens is 302 g/mol. The number of likely N-dealkylation sites (tertiary alicyclic amines) is 1. The molecule has 3 heteroatoms. The summed E-state index contributed by atoms with van der Waals surface area (Å²) in [7, 11) is 0. The largest absolute Gasteiger partial charge is 0.336 e. The summed E-state index contributed by atoms with van der Waals surface area (Å²) in [5, 5.41) is 0.836. The molecule has 0 aliphatic carbocycles. The zero-order valence-corrected chi connectivity index (χ0v) is 13.2. The number of carbonyl (C=O) groups is 1. The molecule has 1 atom stereocenters. The summed E-state index contributed by atoms with van der Waals surface area (Å²) in [6.07, 6.45) is 5.86. The van der Waals surface area contributed by atoms with Crippen molar-refractivity contribution in [3.05, 3.63) is 35.4 Å². The minimum atomic E-state index is 0.204. The Hall–Kier alpha value is -0.830. The first kappa shape index (κ1) is 14.6. The first-order chi connectivity index (χ1) is 9.26. The molecule has 1 aliphatic heterocycles. The van der Waals surface area contributed by atoms with Gasteiger partial charge in [0.15, 0.2) is 0 Å². The number of halogens is 1. The van der Waals surface area contributed by atoms with Gasteiger partial charge in [-0.05, 0) is 37.0 Å².